The number of hydrogen-bond donors (Lipinski definition) is 0. The first-order chi connectivity index (χ1) is 11.9. The van der Waals surface area contributed by atoms with Crippen LogP contribution in [0.1, 0.15) is 36.1 Å². The Balaban J connectivity index is 1.68. The second-order valence-electron chi connectivity index (χ2n) is 6.78. The van der Waals surface area contributed by atoms with Crippen molar-refractivity contribution in [3.63, 3.8) is 0 Å². The molecule has 0 unspecified atom stereocenters. The summed E-state index contributed by atoms with van der Waals surface area (Å²) in [5, 5.41) is 0. The third-order valence-electron chi connectivity index (χ3n) is 4.65. The summed E-state index contributed by atoms with van der Waals surface area (Å²) in [6.07, 6.45) is 0.209. The standard InChI is InChI=1S/C21H23NO3/c1-14-9-15(2)11-19(10-14)25-21(24)18-12-20(23)22(13-18)16(3)17-7-5-4-6-8-17/h4-11,16,18H,12-13H2,1-3H3/t16-,18-/m0/s1. The number of aryl methyl sites for hydroxylation is 2. The molecule has 1 heterocycles. The van der Waals surface area contributed by atoms with Crippen LogP contribution in [0.25, 0.3) is 0 Å². The number of esters is 1. The van der Waals surface area contributed by atoms with Crippen LogP contribution in [0.3, 0.4) is 0 Å². The van der Waals surface area contributed by atoms with E-state index in [0.29, 0.717) is 12.3 Å². The summed E-state index contributed by atoms with van der Waals surface area (Å²) in [6, 6.07) is 15.5. The van der Waals surface area contributed by atoms with Crippen LogP contribution in [0, 0.1) is 19.8 Å². The lowest BCUT2D eigenvalue weighted by atomic mass is 10.1. The number of carbonyl (C=O) groups is 2. The second kappa shape index (κ2) is 7.09. The second-order valence-corrected chi connectivity index (χ2v) is 6.78. The monoisotopic (exact) mass is 337 g/mol. The van der Waals surface area contributed by atoms with Gasteiger partial charge in [0, 0.05) is 13.0 Å². The van der Waals surface area contributed by atoms with Crippen LogP contribution < -0.4 is 4.74 Å². The SMILES string of the molecule is Cc1cc(C)cc(OC(=O)[C@H]2CC(=O)N([C@@H](C)c3ccccc3)C2)c1. The Hall–Kier alpha value is -2.62. The highest BCUT2D eigenvalue weighted by Crippen LogP contribution is 2.29. The summed E-state index contributed by atoms with van der Waals surface area (Å²) in [5.41, 5.74) is 3.16. The quantitative estimate of drug-likeness (QED) is 0.629. The van der Waals surface area contributed by atoms with Crippen LogP contribution in [-0.2, 0) is 9.59 Å². The maximum atomic E-state index is 12.5. The van der Waals surface area contributed by atoms with E-state index in [1.165, 1.54) is 0 Å². The molecule has 1 aliphatic heterocycles. The zero-order chi connectivity index (χ0) is 18.0. The van der Waals surface area contributed by atoms with E-state index in [1.807, 2.05) is 69.3 Å². The van der Waals surface area contributed by atoms with Crippen molar-refractivity contribution in [2.45, 2.75) is 33.2 Å². The first kappa shape index (κ1) is 17.2. The van der Waals surface area contributed by atoms with Crippen LogP contribution >= 0.6 is 0 Å². The minimum Gasteiger partial charge on any atom is -0.426 e. The molecule has 25 heavy (non-hydrogen) atoms. The molecule has 2 atom stereocenters. The maximum Gasteiger partial charge on any atom is 0.316 e. The third-order valence-corrected chi connectivity index (χ3v) is 4.65. The van der Waals surface area contributed by atoms with Crippen molar-refractivity contribution >= 4 is 11.9 Å². The lowest BCUT2D eigenvalue weighted by Gasteiger charge is -2.25. The first-order valence-corrected chi connectivity index (χ1v) is 8.58. The van der Waals surface area contributed by atoms with Gasteiger partial charge >= 0.3 is 5.97 Å². The van der Waals surface area contributed by atoms with Crippen molar-refractivity contribution in [2.24, 2.45) is 5.92 Å². The average Bonchev–Trinajstić information content (AvgIpc) is 2.96. The van der Waals surface area contributed by atoms with Crippen molar-refractivity contribution in [1.29, 1.82) is 0 Å². The zero-order valence-electron chi connectivity index (χ0n) is 14.9. The van der Waals surface area contributed by atoms with Crippen LogP contribution in [0.15, 0.2) is 48.5 Å². The van der Waals surface area contributed by atoms with Gasteiger partial charge in [-0.1, -0.05) is 36.4 Å². The highest BCUT2D eigenvalue weighted by Gasteiger charge is 2.38. The minimum atomic E-state index is -0.417. The number of carbonyl (C=O) groups excluding carboxylic acids is 2. The lowest BCUT2D eigenvalue weighted by Crippen LogP contribution is -2.30. The van der Waals surface area contributed by atoms with E-state index in [2.05, 4.69) is 0 Å². The van der Waals surface area contributed by atoms with E-state index in [0.717, 1.165) is 16.7 Å². The molecular formula is C21H23NO3. The van der Waals surface area contributed by atoms with Gasteiger partial charge in [0.05, 0.1) is 12.0 Å². The van der Waals surface area contributed by atoms with Crippen LogP contribution in [0.5, 0.6) is 5.75 Å². The summed E-state index contributed by atoms with van der Waals surface area (Å²) in [7, 11) is 0. The molecule has 4 heteroatoms. The molecule has 3 rings (SSSR count). The number of benzene rings is 2. The molecule has 2 aromatic rings. The Labute approximate surface area is 148 Å². The largest absolute Gasteiger partial charge is 0.426 e. The lowest BCUT2D eigenvalue weighted by molar-refractivity contribution is -0.139. The zero-order valence-corrected chi connectivity index (χ0v) is 14.9. The van der Waals surface area contributed by atoms with E-state index in [-0.39, 0.29) is 24.3 Å². The fourth-order valence-corrected chi connectivity index (χ4v) is 3.37. The van der Waals surface area contributed by atoms with Gasteiger partial charge in [-0.15, -0.1) is 0 Å². The number of amides is 1. The molecule has 0 saturated carbocycles. The van der Waals surface area contributed by atoms with Crippen molar-refractivity contribution in [2.75, 3.05) is 6.54 Å². The van der Waals surface area contributed by atoms with Gasteiger partial charge in [0.25, 0.3) is 0 Å². The van der Waals surface area contributed by atoms with Gasteiger partial charge in [-0.3, -0.25) is 9.59 Å². The number of nitrogens with zero attached hydrogens (tertiary/aromatic N) is 1. The molecule has 1 aliphatic rings. The molecule has 0 aliphatic carbocycles. The Morgan fingerprint density at radius 1 is 1.12 bits per heavy atom. The Morgan fingerprint density at radius 3 is 2.40 bits per heavy atom. The topological polar surface area (TPSA) is 46.6 Å². The van der Waals surface area contributed by atoms with E-state index in [9.17, 15) is 9.59 Å². The van der Waals surface area contributed by atoms with Crippen LogP contribution in [-0.4, -0.2) is 23.3 Å². The molecular weight excluding hydrogens is 314 g/mol. The van der Waals surface area contributed by atoms with Crippen LogP contribution in [0.4, 0.5) is 0 Å². The molecule has 0 bridgehead atoms. The normalized spacial score (nSPS) is 18.3. The van der Waals surface area contributed by atoms with E-state index >= 15 is 0 Å². The van der Waals surface area contributed by atoms with Crippen molar-refractivity contribution in [1.82, 2.24) is 4.90 Å². The molecule has 1 amide bonds. The molecule has 130 valence electrons. The molecule has 0 aromatic heterocycles. The van der Waals surface area contributed by atoms with E-state index in [4.69, 9.17) is 4.74 Å². The third kappa shape index (κ3) is 3.90. The van der Waals surface area contributed by atoms with Crippen LogP contribution in [0.2, 0.25) is 0 Å². The molecule has 2 aromatic carbocycles. The molecule has 1 saturated heterocycles. The summed E-state index contributed by atoms with van der Waals surface area (Å²) in [6.45, 7) is 6.32. The van der Waals surface area contributed by atoms with Crippen molar-refractivity contribution < 1.29 is 14.3 Å². The maximum absolute atomic E-state index is 12.5. The number of ether oxygens (including phenoxy) is 1. The summed E-state index contributed by atoms with van der Waals surface area (Å²) in [4.78, 5) is 26.6. The fraction of sp³-hybridized carbons (Fsp3) is 0.333. The minimum absolute atomic E-state index is 0.00118. The molecule has 0 radical (unpaired) electrons. The average molecular weight is 337 g/mol. The molecule has 4 nitrogen and oxygen atoms in total. The Kier molecular flexibility index (Phi) is 4.88. The highest BCUT2D eigenvalue weighted by molar-refractivity contribution is 5.88. The van der Waals surface area contributed by atoms with E-state index < -0.39 is 5.92 Å². The van der Waals surface area contributed by atoms with Gasteiger partial charge in [0.1, 0.15) is 5.75 Å². The first-order valence-electron chi connectivity index (χ1n) is 8.58. The van der Waals surface area contributed by atoms with Gasteiger partial charge in [-0.25, -0.2) is 0 Å². The predicted molar refractivity (Wildman–Crippen MR) is 96.2 cm³/mol. The number of rotatable bonds is 4. The summed E-state index contributed by atoms with van der Waals surface area (Å²) in [5.74, 6) is -0.205. The molecule has 0 spiro atoms. The summed E-state index contributed by atoms with van der Waals surface area (Å²) < 4.78 is 5.52. The summed E-state index contributed by atoms with van der Waals surface area (Å²) >= 11 is 0. The number of hydrogen-bond acceptors (Lipinski definition) is 3. The Morgan fingerprint density at radius 2 is 1.76 bits per heavy atom. The van der Waals surface area contributed by atoms with Gasteiger partial charge in [-0.05, 0) is 49.6 Å². The number of likely N-dealkylation sites (tertiary alicyclic amines) is 1. The van der Waals surface area contributed by atoms with Gasteiger partial charge < -0.3 is 9.64 Å². The molecule has 0 N–H and O–H groups in total. The van der Waals surface area contributed by atoms with Gasteiger partial charge in [-0.2, -0.15) is 0 Å². The van der Waals surface area contributed by atoms with Crippen molar-refractivity contribution in [3.05, 3.63) is 65.2 Å². The van der Waals surface area contributed by atoms with Gasteiger partial charge in [0.15, 0.2) is 0 Å². The van der Waals surface area contributed by atoms with E-state index in [1.54, 1.807) is 4.90 Å². The Bertz CT molecular complexity index is 765. The van der Waals surface area contributed by atoms with Gasteiger partial charge in [0.2, 0.25) is 5.91 Å². The molecule has 1 fully saturated rings. The smallest absolute Gasteiger partial charge is 0.316 e. The predicted octanol–water partition coefficient (Wildman–Crippen LogP) is 3.82. The highest BCUT2D eigenvalue weighted by atomic mass is 16.5. The van der Waals surface area contributed by atoms with Crippen molar-refractivity contribution in [3.8, 4) is 5.75 Å². The fourth-order valence-electron chi connectivity index (χ4n) is 3.37.